The molecule has 100 valence electrons. The molecule has 0 amide bonds. The topological polar surface area (TPSA) is 40.5 Å². The molecule has 1 fully saturated rings. The number of aliphatic hydroxyl groups is 1. The van der Waals surface area contributed by atoms with Crippen molar-refractivity contribution in [3.05, 3.63) is 0 Å². The zero-order valence-electron chi connectivity index (χ0n) is 11.7. The van der Waals surface area contributed by atoms with Crippen LogP contribution in [0.3, 0.4) is 0 Å². The molecule has 0 saturated heterocycles. The van der Waals surface area contributed by atoms with E-state index in [9.17, 15) is 9.90 Å². The summed E-state index contributed by atoms with van der Waals surface area (Å²) in [6.07, 6.45) is 5.54. The second-order valence-corrected chi connectivity index (χ2v) is 6.67. The van der Waals surface area contributed by atoms with Crippen molar-refractivity contribution < 1.29 is 9.90 Å². The van der Waals surface area contributed by atoms with Gasteiger partial charge in [-0.1, -0.05) is 19.8 Å². The van der Waals surface area contributed by atoms with Crippen LogP contribution in [-0.2, 0) is 4.79 Å². The van der Waals surface area contributed by atoms with Crippen LogP contribution in [0, 0.1) is 11.3 Å². The van der Waals surface area contributed by atoms with Gasteiger partial charge in [-0.2, -0.15) is 0 Å². The second-order valence-electron chi connectivity index (χ2n) is 6.67. The molecule has 0 aromatic carbocycles. The molecule has 1 aliphatic carbocycles. The third-order valence-electron chi connectivity index (χ3n) is 3.62. The number of rotatable bonds is 5. The van der Waals surface area contributed by atoms with Gasteiger partial charge in [-0.15, -0.1) is 0 Å². The van der Waals surface area contributed by atoms with Crippen LogP contribution in [0.1, 0.15) is 46.5 Å². The molecule has 1 N–H and O–H groups in total. The minimum Gasteiger partial charge on any atom is -0.389 e. The average Bonchev–Trinajstić information content (AvgIpc) is 2.14. The van der Waals surface area contributed by atoms with Gasteiger partial charge in [-0.05, 0) is 39.7 Å². The summed E-state index contributed by atoms with van der Waals surface area (Å²) in [5, 5.41) is 9.80. The van der Waals surface area contributed by atoms with E-state index in [1.165, 1.54) is 6.42 Å². The van der Waals surface area contributed by atoms with Crippen molar-refractivity contribution in [3.8, 4) is 0 Å². The quantitative estimate of drug-likeness (QED) is 0.749. The van der Waals surface area contributed by atoms with E-state index in [1.807, 2.05) is 7.05 Å². The van der Waals surface area contributed by atoms with Crippen LogP contribution in [-0.4, -0.2) is 42.0 Å². The SMILES string of the molecule is CC1CCCC(C=O)(CN(C)CC(C)(C)O)C1. The Kier molecular flexibility index (Phi) is 4.73. The summed E-state index contributed by atoms with van der Waals surface area (Å²) in [5.41, 5.74) is -0.878. The predicted octanol–water partition coefficient (Wildman–Crippen LogP) is 2.08. The smallest absolute Gasteiger partial charge is 0.127 e. The highest BCUT2D eigenvalue weighted by Crippen LogP contribution is 2.38. The first-order valence-electron chi connectivity index (χ1n) is 6.64. The lowest BCUT2D eigenvalue weighted by Gasteiger charge is -2.39. The molecule has 0 bridgehead atoms. The molecular formula is C14H27NO2. The Morgan fingerprint density at radius 2 is 2.18 bits per heavy atom. The lowest BCUT2D eigenvalue weighted by molar-refractivity contribution is -0.120. The fourth-order valence-electron chi connectivity index (χ4n) is 3.24. The van der Waals surface area contributed by atoms with Crippen molar-refractivity contribution in [1.82, 2.24) is 4.90 Å². The van der Waals surface area contributed by atoms with Gasteiger partial charge < -0.3 is 14.8 Å². The number of nitrogens with zero attached hydrogens (tertiary/aromatic N) is 1. The van der Waals surface area contributed by atoms with Gasteiger partial charge in [0.05, 0.1) is 5.60 Å². The van der Waals surface area contributed by atoms with E-state index in [0.29, 0.717) is 12.5 Å². The van der Waals surface area contributed by atoms with Gasteiger partial charge in [0.15, 0.2) is 0 Å². The third kappa shape index (κ3) is 4.76. The normalized spacial score (nSPS) is 30.6. The Hall–Kier alpha value is -0.410. The van der Waals surface area contributed by atoms with E-state index in [1.54, 1.807) is 13.8 Å². The molecule has 0 heterocycles. The first kappa shape index (κ1) is 14.7. The van der Waals surface area contributed by atoms with Gasteiger partial charge in [0.1, 0.15) is 6.29 Å². The lowest BCUT2D eigenvalue weighted by Crippen LogP contribution is -2.45. The molecule has 1 rings (SSSR count). The Morgan fingerprint density at radius 3 is 2.65 bits per heavy atom. The van der Waals surface area contributed by atoms with Gasteiger partial charge >= 0.3 is 0 Å². The van der Waals surface area contributed by atoms with Crippen LogP contribution in [0.25, 0.3) is 0 Å². The van der Waals surface area contributed by atoms with Crippen molar-refractivity contribution in [1.29, 1.82) is 0 Å². The number of hydrogen-bond acceptors (Lipinski definition) is 3. The van der Waals surface area contributed by atoms with Crippen LogP contribution in [0.2, 0.25) is 0 Å². The van der Waals surface area contributed by atoms with Gasteiger partial charge in [0.2, 0.25) is 0 Å². The van der Waals surface area contributed by atoms with Crippen molar-refractivity contribution in [3.63, 3.8) is 0 Å². The van der Waals surface area contributed by atoms with Crippen molar-refractivity contribution in [2.45, 2.75) is 52.1 Å². The van der Waals surface area contributed by atoms with E-state index in [0.717, 1.165) is 32.1 Å². The number of carbonyl (C=O) groups is 1. The van der Waals surface area contributed by atoms with E-state index in [4.69, 9.17) is 0 Å². The number of hydrogen-bond donors (Lipinski definition) is 1. The first-order valence-corrected chi connectivity index (χ1v) is 6.64. The Bertz CT molecular complexity index is 259. The van der Waals surface area contributed by atoms with Crippen LogP contribution >= 0.6 is 0 Å². The van der Waals surface area contributed by atoms with Crippen LogP contribution in [0.15, 0.2) is 0 Å². The highest BCUT2D eigenvalue weighted by Gasteiger charge is 2.36. The first-order chi connectivity index (χ1) is 7.76. The van der Waals surface area contributed by atoms with Gasteiger partial charge in [0, 0.05) is 18.5 Å². The summed E-state index contributed by atoms with van der Waals surface area (Å²) in [7, 11) is 1.99. The van der Waals surface area contributed by atoms with Crippen molar-refractivity contribution >= 4 is 6.29 Å². The molecule has 0 aromatic heterocycles. The molecule has 1 aliphatic rings. The minimum atomic E-state index is -0.695. The summed E-state index contributed by atoms with van der Waals surface area (Å²) < 4.78 is 0. The van der Waals surface area contributed by atoms with Crippen LogP contribution in [0.5, 0.6) is 0 Å². The number of likely N-dealkylation sites (N-methyl/N-ethyl adjacent to an activating group) is 1. The Balaban J connectivity index is 2.59. The van der Waals surface area contributed by atoms with E-state index in [2.05, 4.69) is 11.8 Å². The number of carbonyl (C=O) groups excluding carboxylic acids is 1. The number of aldehydes is 1. The lowest BCUT2D eigenvalue weighted by atomic mass is 9.70. The maximum Gasteiger partial charge on any atom is 0.127 e. The molecule has 3 nitrogen and oxygen atoms in total. The molecule has 0 aliphatic heterocycles. The minimum absolute atomic E-state index is 0.183. The average molecular weight is 241 g/mol. The molecule has 2 unspecified atom stereocenters. The molecule has 0 spiro atoms. The van der Waals surface area contributed by atoms with Gasteiger partial charge in [0.25, 0.3) is 0 Å². The summed E-state index contributed by atoms with van der Waals surface area (Å²) in [5.74, 6) is 0.643. The molecule has 0 radical (unpaired) electrons. The standard InChI is InChI=1S/C14H27NO2/c1-12-6-5-7-14(8-12,11-16)10-15(4)9-13(2,3)17/h11-12,17H,5-10H2,1-4H3. The largest absolute Gasteiger partial charge is 0.389 e. The zero-order valence-corrected chi connectivity index (χ0v) is 11.7. The van der Waals surface area contributed by atoms with Crippen LogP contribution in [0.4, 0.5) is 0 Å². The highest BCUT2D eigenvalue weighted by atomic mass is 16.3. The zero-order chi connectivity index (χ0) is 13.1. The summed E-state index contributed by atoms with van der Waals surface area (Å²) in [6.45, 7) is 7.22. The summed E-state index contributed by atoms with van der Waals surface area (Å²) >= 11 is 0. The maximum absolute atomic E-state index is 11.4. The van der Waals surface area contributed by atoms with E-state index < -0.39 is 5.60 Å². The summed E-state index contributed by atoms with van der Waals surface area (Å²) in [6, 6.07) is 0. The van der Waals surface area contributed by atoms with Gasteiger partial charge in [-0.3, -0.25) is 0 Å². The highest BCUT2D eigenvalue weighted by molar-refractivity contribution is 5.60. The van der Waals surface area contributed by atoms with E-state index in [-0.39, 0.29) is 5.41 Å². The van der Waals surface area contributed by atoms with Crippen LogP contribution < -0.4 is 0 Å². The molecule has 2 atom stereocenters. The van der Waals surface area contributed by atoms with E-state index >= 15 is 0 Å². The molecule has 17 heavy (non-hydrogen) atoms. The van der Waals surface area contributed by atoms with Crippen molar-refractivity contribution in [2.24, 2.45) is 11.3 Å². The fourth-order valence-corrected chi connectivity index (χ4v) is 3.24. The van der Waals surface area contributed by atoms with Gasteiger partial charge in [-0.25, -0.2) is 0 Å². The monoisotopic (exact) mass is 241 g/mol. The van der Waals surface area contributed by atoms with Crippen molar-refractivity contribution in [2.75, 3.05) is 20.1 Å². The maximum atomic E-state index is 11.4. The third-order valence-corrected chi connectivity index (χ3v) is 3.62. The molecule has 0 aromatic rings. The second kappa shape index (κ2) is 5.49. The summed E-state index contributed by atoms with van der Waals surface area (Å²) in [4.78, 5) is 13.5. The Morgan fingerprint density at radius 1 is 1.53 bits per heavy atom. The molecular weight excluding hydrogens is 214 g/mol. The Labute approximate surface area is 105 Å². The molecule has 3 heteroatoms. The molecule has 1 saturated carbocycles. The fraction of sp³-hybridized carbons (Fsp3) is 0.929. The predicted molar refractivity (Wildman–Crippen MR) is 69.9 cm³/mol.